The van der Waals surface area contributed by atoms with Gasteiger partial charge < -0.3 is 19.7 Å². The van der Waals surface area contributed by atoms with Crippen LogP contribution in [0.25, 0.3) is 0 Å². The van der Waals surface area contributed by atoms with Crippen LogP contribution in [-0.2, 0) is 16.0 Å². The van der Waals surface area contributed by atoms with E-state index in [1.165, 1.54) is 0 Å². The van der Waals surface area contributed by atoms with E-state index in [4.69, 9.17) is 9.47 Å². The minimum Gasteiger partial charge on any atom is -0.497 e. The maximum atomic E-state index is 12.1. The number of rotatable bonds is 5. The summed E-state index contributed by atoms with van der Waals surface area (Å²) in [5.74, 6) is 1.04. The first-order valence-electron chi connectivity index (χ1n) is 8.54. The molecule has 2 aromatic carbocycles. The van der Waals surface area contributed by atoms with Crippen LogP contribution in [0.15, 0.2) is 42.5 Å². The zero-order valence-corrected chi connectivity index (χ0v) is 15.0. The standard InChI is InChI=1S/C20H22N2O4/c1-14(23)22-10-4-5-15-11-16(8-9-19(15)22)21-20(24)13-26-18-7-3-6-17(12-18)25-2/h3,6-9,11-12H,4-5,10,13H2,1-2H3,(H,21,24). The van der Waals surface area contributed by atoms with Crippen LogP contribution in [-0.4, -0.2) is 32.1 Å². The first-order valence-corrected chi connectivity index (χ1v) is 8.54. The molecule has 26 heavy (non-hydrogen) atoms. The average Bonchev–Trinajstić information content (AvgIpc) is 2.65. The van der Waals surface area contributed by atoms with Gasteiger partial charge in [0.1, 0.15) is 11.5 Å². The molecule has 1 heterocycles. The summed E-state index contributed by atoms with van der Waals surface area (Å²) in [5, 5.41) is 2.84. The van der Waals surface area contributed by atoms with E-state index in [1.807, 2.05) is 24.3 Å². The molecule has 3 rings (SSSR count). The van der Waals surface area contributed by atoms with Crippen molar-refractivity contribution in [3.8, 4) is 11.5 Å². The number of hydrogen-bond acceptors (Lipinski definition) is 4. The van der Waals surface area contributed by atoms with Crippen molar-refractivity contribution in [3.05, 3.63) is 48.0 Å². The normalized spacial score (nSPS) is 12.9. The molecular formula is C20H22N2O4. The second kappa shape index (κ2) is 7.91. The SMILES string of the molecule is COc1cccc(OCC(=O)Nc2ccc3c(c2)CCCN3C(C)=O)c1. The Morgan fingerprint density at radius 3 is 2.73 bits per heavy atom. The molecule has 0 spiro atoms. The Hall–Kier alpha value is -3.02. The van der Waals surface area contributed by atoms with Crippen LogP contribution in [0.2, 0.25) is 0 Å². The largest absolute Gasteiger partial charge is 0.497 e. The Morgan fingerprint density at radius 2 is 1.96 bits per heavy atom. The second-order valence-electron chi connectivity index (χ2n) is 6.13. The third kappa shape index (κ3) is 4.14. The highest BCUT2D eigenvalue weighted by atomic mass is 16.5. The highest BCUT2D eigenvalue weighted by Crippen LogP contribution is 2.29. The van der Waals surface area contributed by atoms with E-state index in [1.54, 1.807) is 37.1 Å². The van der Waals surface area contributed by atoms with Crippen LogP contribution in [0.4, 0.5) is 11.4 Å². The molecule has 2 amide bonds. The zero-order chi connectivity index (χ0) is 18.5. The lowest BCUT2D eigenvalue weighted by molar-refractivity contribution is -0.118. The number of nitrogens with one attached hydrogen (secondary N) is 1. The van der Waals surface area contributed by atoms with Gasteiger partial charge in [0, 0.05) is 30.9 Å². The lowest BCUT2D eigenvalue weighted by atomic mass is 10.0. The van der Waals surface area contributed by atoms with Crippen molar-refractivity contribution in [2.24, 2.45) is 0 Å². The van der Waals surface area contributed by atoms with Gasteiger partial charge in [-0.05, 0) is 48.7 Å². The van der Waals surface area contributed by atoms with Gasteiger partial charge in [-0.2, -0.15) is 0 Å². The van der Waals surface area contributed by atoms with Crippen LogP contribution in [0, 0.1) is 0 Å². The predicted molar refractivity (Wildman–Crippen MR) is 99.9 cm³/mol. The lowest BCUT2D eigenvalue weighted by Gasteiger charge is -2.29. The molecule has 6 heteroatoms. The molecule has 6 nitrogen and oxygen atoms in total. The number of nitrogens with zero attached hydrogens (tertiary/aromatic N) is 1. The summed E-state index contributed by atoms with van der Waals surface area (Å²) in [6.45, 7) is 2.22. The summed E-state index contributed by atoms with van der Waals surface area (Å²) < 4.78 is 10.6. The van der Waals surface area contributed by atoms with Gasteiger partial charge in [-0.3, -0.25) is 9.59 Å². The van der Waals surface area contributed by atoms with E-state index in [0.29, 0.717) is 17.2 Å². The number of methoxy groups -OCH3 is 1. The van der Waals surface area contributed by atoms with Crippen molar-refractivity contribution in [2.75, 3.05) is 30.5 Å². The average molecular weight is 354 g/mol. The number of fused-ring (bicyclic) bond motifs is 1. The molecule has 136 valence electrons. The van der Waals surface area contributed by atoms with Gasteiger partial charge in [0.25, 0.3) is 5.91 Å². The Bertz CT molecular complexity index is 819. The van der Waals surface area contributed by atoms with Crippen LogP contribution in [0.1, 0.15) is 18.9 Å². The number of carbonyl (C=O) groups excluding carboxylic acids is 2. The highest BCUT2D eigenvalue weighted by Gasteiger charge is 2.20. The molecule has 0 saturated carbocycles. The molecule has 1 N–H and O–H groups in total. The number of amides is 2. The Morgan fingerprint density at radius 1 is 1.15 bits per heavy atom. The number of benzene rings is 2. The topological polar surface area (TPSA) is 67.9 Å². The summed E-state index contributed by atoms with van der Waals surface area (Å²) in [4.78, 5) is 25.6. The number of carbonyl (C=O) groups is 2. The van der Waals surface area contributed by atoms with E-state index in [0.717, 1.165) is 30.6 Å². The van der Waals surface area contributed by atoms with Crippen LogP contribution < -0.4 is 19.7 Å². The minimum atomic E-state index is -0.244. The molecule has 1 aliphatic rings. The Kier molecular flexibility index (Phi) is 5.41. The second-order valence-corrected chi connectivity index (χ2v) is 6.13. The van der Waals surface area contributed by atoms with Crippen molar-refractivity contribution < 1.29 is 19.1 Å². The number of ether oxygens (including phenoxy) is 2. The fourth-order valence-electron chi connectivity index (χ4n) is 3.04. The Balaban J connectivity index is 1.62. The highest BCUT2D eigenvalue weighted by molar-refractivity contribution is 5.95. The lowest BCUT2D eigenvalue weighted by Crippen LogP contribution is -2.33. The van der Waals surface area contributed by atoms with Crippen molar-refractivity contribution in [1.29, 1.82) is 0 Å². The van der Waals surface area contributed by atoms with Gasteiger partial charge in [-0.1, -0.05) is 6.07 Å². The van der Waals surface area contributed by atoms with E-state index < -0.39 is 0 Å². The molecule has 0 aromatic heterocycles. The molecular weight excluding hydrogens is 332 g/mol. The van der Waals surface area contributed by atoms with Crippen molar-refractivity contribution in [1.82, 2.24) is 0 Å². The molecule has 0 saturated heterocycles. The molecule has 0 fully saturated rings. The summed E-state index contributed by atoms with van der Waals surface area (Å²) in [6.07, 6.45) is 1.81. The first-order chi connectivity index (χ1) is 12.6. The van der Waals surface area contributed by atoms with E-state index in [9.17, 15) is 9.59 Å². The molecule has 0 bridgehead atoms. The van der Waals surface area contributed by atoms with Crippen LogP contribution in [0.3, 0.4) is 0 Å². The van der Waals surface area contributed by atoms with Gasteiger partial charge in [-0.15, -0.1) is 0 Å². The summed E-state index contributed by atoms with van der Waals surface area (Å²) >= 11 is 0. The fraction of sp³-hybridized carbons (Fsp3) is 0.300. The summed E-state index contributed by atoms with van der Waals surface area (Å²) in [5.41, 5.74) is 2.70. The molecule has 2 aromatic rings. The molecule has 0 aliphatic carbocycles. The minimum absolute atomic E-state index is 0.0365. The zero-order valence-electron chi connectivity index (χ0n) is 15.0. The van der Waals surface area contributed by atoms with Crippen LogP contribution in [0.5, 0.6) is 11.5 Å². The predicted octanol–water partition coefficient (Wildman–Crippen LogP) is 3.01. The quantitative estimate of drug-likeness (QED) is 0.896. The van der Waals surface area contributed by atoms with E-state index >= 15 is 0 Å². The van der Waals surface area contributed by atoms with Crippen molar-refractivity contribution >= 4 is 23.2 Å². The summed E-state index contributed by atoms with van der Waals surface area (Å²) in [7, 11) is 1.58. The van der Waals surface area contributed by atoms with Gasteiger partial charge in [0.2, 0.25) is 5.91 Å². The van der Waals surface area contributed by atoms with Gasteiger partial charge >= 0.3 is 0 Å². The third-order valence-corrected chi connectivity index (χ3v) is 4.27. The first kappa shape index (κ1) is 17.8. The monoisotopic (exact) mass is 354 g/mol. The molecule has 0 atom stereocenters. The van der Waals surface area contributed by atoms with Crippen molar-refractivity contribution in [2.45, 2.75) is 19.8 Å². The molecule has 0 unspecified atom stereocenters. The van der Waals surface area contributed by atoms with E-state index in [-0.39, 0.29) is 18.4 Å². The van der Waals surface area contributed by atoms with Gasteiger partial charge in [0.15, 0.2) is 6.61 Å². The third-order valence-electron chi connectivity index (χ3n) is 4.27. The van der Waals surface area contributed by atoms with E-state index in [2.05, 4.69) is 5.32 Å². The molecule has 0 radical (unpaired) electrons. The maximum Gasteiger partial charge on any atom is 0.262 e. The number of anilines is 2. The van der Waals surface area contributed by atoms with Crippen LogP contribution >= 0.6 is 0 Å². The Labute approximate surface area is 152 Å². The number of aryl methyl sites for hydroxylation is 1. The fourth-order valence-corrected chi connectivity index (χ4v) is 3.04. The van der Waals surface area contributed by atoms with Crippen molar-refractivity contribution in [3.63, 3.8) is 0 Å². The maximum absolute atomic E-state index is 12.1. The smallest absolute Gasteiger partial charge is 0.262 e. The van der Waals surface area contributed by atoms with Gasteiger partial charge in [0.05, 0.1) is 7.11 Å². The number of hydrogen-bond donors (Lipinski definition) is 1. The summed E-state index contributed by atoms with van der Waals surface area (Å²) in [6, 6.07) is 12.7. The van der Waals surface area contributed by atoms with Gasteiger partial charge in [-0.25, -0.2) is 0 Å². The molecule has 1 aliphatic heterocycles.